The Morgan fingerprint density at radius 1 is 0.964 bits per heavy atom. The smallest absolute Gasteiger partial charge is 0.409 e. The van der Waals surface area contributed by atoms with Crippen molar-refractivity contribution in [1.82, 2.24) is 19.6 Å². The van der Waals surface area contributed by atoms with E-state index in [2.05, 4.69) is 4.90 Å². The zero-order chi connectivity index (χ0) is 19.9. The Bertz CT molecular complexity index is 662. The van der Waals surface area contributed by atoms with Crippen molar-refractivity contribution in [2.24, 2.45) is 0 Å². The van der Waals surface area contributed by atoms with Gasteiger partial charge in [-0.1, -0.05) is 0 Å². The second kappa shape index (κ2) is 9.59. The van der Waals surface area contributed by atoms with Gasteiger partial charge in [-0.25, -0.2) is 4.79 Å². The molecule has 2 fully saturated rings. The summed E-state index contributed by atoms with van der Waals surface area (Å²) in [6, 6.07) is 3.39. The van der Waals surface area contributed by atoms with Crippen molar-refractivity contribution in [3.05, 3.63) is 24.2 Å². The maximum absolute atomic E-state index is 12.5. The van der Waals surface area contributed by atoms with Gasteiger partial charge in [0.2, 0.25) is 5.91 Å². The monoisotopic (exact) mass is 392 g/mol. The largest absolute Gasteiger partial charge is 0.459 e. The summed E-state index contributed by atoms with van der Waals surface area (Å²) in [7, 11) is 0. The first-order chi connectivity index (χ1) is 13.6. The number of rotatable bonds is 5. The minimum absolute atomic E-state index is 0.0832. The molecule has 154 valence electrons. The van der Waals surface area contributed by atoms with Crippen molar-refractivity contribution < 1.29 is 23.5 Å². The highest BCUT2D eigenvalue weighted by atomic mass is 16.6. The van der Waals surface area contributed by atoms with Crippen molar-refractivity contribution in [3.63, 3.8) is 0 Å². The molecule has 0 N–H and O–H groups in total. The van der Waals surface area contributed by atoms with Crippen molar-refractivity contribution in [1.29, 1.82) is 0 Å². The minimum Gasteiger partial charge on any atom is -0.459 e. The van der Waals surface area contributed by atoms with Crippen molar-refractivity contribution in [2.75, 3.05) is 65.5 Å². The molecule has 0 spiro atoms. The number of hydrogen-bond acceptors (Lipinski definition) is 6. The van der Waals surface area contributed by atoms with Crippen LogP contribution in [-0.2, 0) is 9.53 Å². The Kier molecular flexibility index (Phi) is 6.91. The van der Waals surface area contributed by atoms with E-state index in [-0.39, 0.29) is 17.9 Å². The van der Waals surface area contributed by atoms with Gasteiger partial charge >= 0.3 is 6.09 Å². The molecule has 3 rings (SSSR count). The lowest BCUT2D eigenvalue weighted by atomic mass is 10.2. The molecular formula is C19H28N4O5. The Morgan fingerprint density at radius 3 is 2.21 bits per heavy atom. The van der Waals surface area contributed by atoms with Crippen molar-refractivity contribution >= 4 is 17.9 Å². The minimum atomic E-state index is -0.309. The molecule has 1 aromatic rings. The van der Waals surface area contributed by atoms with Gasteiger partial charge in [0, 0.05) is 65.3 Å². The fraction of sp³-hybridized carbons (Fsp3) is 0.632. The highest BCUT2D eigenvalue weighted by Gasteiger charge is 2.26. The molecule has 28 heavy (non-hydrogen) atoms. The number of hydrogen-bond donors (Lipinski definition) is 0. The topological polar surface area (TPSA) is 86.5 Å². The second-order valence-corrected chi connectivity index (χ2v) is 6.93. The first-order valence-corrected chi connectivity index (χ1v) is 9.83. The van der Waals surface area contributed by atoms with Gasteiger partial charge in [0.1, 0.15) is 0 Å². The molecule has 0 saturated carbocycles. The summed E-state index contributed by atoms with van der Waals surface area (Å²) >= 11 is 0. The van der Waals surface area contributed by atoms with E-state index in [1.165, 1.54) is 6.26 Å². The van der Waals surface area contributed by atoms with Crippen LogP contribution >= 0.6 is 0 Å². The molecule has 9 nitrogen and oxygen atoms in total. The molecule has 0 radical (unpaired) electrons. The number of nitrogens with zero attached hydrogens (tertiary/aromatic N) is 4. The Hall–Kier alpha value is -2.55. The summed E-state index contributed by atoms with van der Waals surface area (Å²) in [4.78, 5) is 43.9. The number of piperazine rings is 2. The molecule has 0 aliphatic carbocycles. The lowest BCUT2D eigenvalue weighted by Gasteiger charge is -2.36. The van der Waals surface area contributed by atoms with Crippen LogP contribution in [0.1, 0.15) is 23.9 Å². The third kappa shape index (κ3) is 5.03. The van der Waals surface area contributed by atoms with Crippen LogP contribution in [0.4, 0.5) is 4.79 Å². The zero-order valence-corrected chi connectivity index (χ0v) is 16.3. The molecular weight excluding hydrogens is 364 g/mol. The van der Waals surface area contributed by atoms with Gasteiger partial charge in [0.05, 0.1) is 12.9 Å². The number of carbonyl (C=O) groups is 3. The van der Waals surface area contributed by atoms with Crippen LogP contribution in [-0.4, -0.2) is 103 Å². The van der Waals surface area contributed by atoms with Crippen LogP contribution in [0.5, 0.6) is 0 Å². The highest BCUT2D eigenvalue weighted by Crippen LogP contribution is 2.11. The van der Waals surface area contributed by atoms with Gasteiger partial charge in [-0.2, -0.15) is 0 Å². The van der Waals surface area contributed by atoms with E-state index < -0.39 is 0 Å². The third-order valence-corrected chi connectivity index (χ3v) is 5.19. The van der Waals surface area contributed by atoms with Gasteiger partial charge < -0.3 is 23.9 Å². The van der Waals surface area contributed by atoms with E-state index in [1.54, 1.807) is 28.9 Å². The molecule has 0 bridgehead atoms. The number of ether oxygens (including phenoxy) is 1. The number of furan rings is 1. The highest BCUT2D eigenvalue weighted by molar-refractivity contribution is 5.91. The van der Waals surface area contributed by atoms with E-state index in [9.17, 15) is 14.4 Å². The molecule has 0 unspecified atom stereocenters. The van der Waals surface area contributed by atoms with Gasteiger partial charge in [-0.05, 0) is 19.1 Å². The first kappa shape index (κ1) is 20.2. The molecule has 9 heteroatoms. The van der Waals surface area contributed by atoms with Crippen LogP contribution in [0.2, 0.25) is 0 Å². The first-order valence-electron chi connectivity index (χ1n) is 9.83. The zero-order valence-electron chi connectivity index (χ0n) is 16.3. The normalized spacial score (nSPS) is 18.2. The van der Waals surface area contributed by atoms with Crippen molar-refractivity contribution in [3.8, 4) is 0 Å². The molecule has 3 amide bonds. The van der Waals surface area contributed by atoms with Crippen LogP contribution in [0, 0.1) is 0 Å². The average molecular weight is 392 g/mol. The summed E-state index contributed by atoms with van der Waals surface area (Å²) in [6.45, 7) is 7.69. The predicted octanol–water partition coefficient (Wildman–Crippen LogP) is 0.728. The summed E-state index contributed by atoms with van der Waals surface area (Å²) in [6.07, 6.45) is 1.64. The number of amides is 3. The van der Waals surface area contributed by atoms with Gasteiger partial charge in [0.25, 0.3) is 5.91 Å². The SMILES string of the molecule is CCOC(=O)N1CCN(C(=O)CCN2CCN(C(=O)c3ccco3)CC2)CC1. The Balaban J connectivity index is 1.35. The molecule has 2 aliphatic heterocycles. The summed E-state index contributed by atoms with van der Waals surface area (Å²) in [5.41, 5.74) is 0. The quantitative estimate of drug-likeness (QED) is 0.734. The van der Waals surface area contributed by atoms with Crippen LogP contribution in [0.3, 0.4) is 0 Å². The van der Waals surface area contributed by atoms with E-state index in [4.69, 9.17) is 9.15 Å². The summed E-state index contributed by atoms with van der Waals surface area (Å²) in [5.74, 6) is 0.392. The van der Waals surface area contributed by atoms with Crippen LogP contribution < -0.4 is 0 Å². The maximum atomic E-state index is 12.5. The molecule has 2 aliphatic rings. The third-order valence-electron chi connectivity index (χ3n) is 5.19. The molecule has 0 aromatic carbocycles. The lowest BCUT2D eigenvalue weighted by Crippen LogP contribution is -2.52. The van der Waals surface area contributed by atoms with E-state index in [1.807, 2.05) is 4.90 Å². The Morgan fingerprint density at radius 2 is 1.61 bits per heavy atom. The Labute approximate surface area is 164 Å². The summed E-state index contributed by atoms with van der Waals surface area (Å²) < 4.78 is 10.2. The fourth-order valence-corrected chi connectivity index (χ4v) is 3.50. The lowest BCUT2D eigenvalue weighted by molar-refractivity contribution is -0.133. The van der Waals surface area contributed by atoms with Crippen LogP contribution in [0.15, 0.2) is 22.8 Å². The fourth-order valence-electron chi connectivity index (χ4n) is 3.50. The second-order valence-electron chi connectivity index (χ2n) is 6.93. The number of carbonyl (C=O) groups excluding carboxylic acids is 3. The van der Waals surface area contributed by atoms with Crippen LogP contribution in [0.25, 0.3) is 0 Å². The standard InChI is InChI=1S/C19H28N4O5/c1-2-27-19(26)23-13-11-21(12-14-23)17(24)5-6-20-7-9-22(10-8-20)18(25)16-4-3-15-28-16/h3-4,15H,2,5-14H2,1H3. The summed E-state index contributed by atoms with van der Waals surface area (Å²) in [5, 5.41) is 0. The molecule has 0 atom stereocenters. The predicted molar refractivity (Wildman–Crippen MR) is 101 cm³/mol. The van der Waals surface area contributed by atoms with Gasteiger partial charge in [-0.15, -0.1) is 0 Å². The van der Waals surface area contributed by atoms with E-state index >= 15 is 0 Å². The molecule has 3 heterocycles. The molecule has 2 saturated heterocycles. The van der Waals surface area contributed by atoms with Gasteiger partial charge in [-0.3, -0.25) is 14.5 Å². The van der Waals surface area contributed by atoms with Crippen molar-refractivity contribution in [2.45, 2.75) is 13.3 Å². The van der Waals surface area contributed by atoms with Gasteiger partial charge in [0.15, 0.2) is 5.76 Å². The maximum Gasteiger partial charge on any atom is 0.409 e. The van der Waals surface area contributed by atoms with E-state index in [0.717, 1.165) is 13.1 Å². The molecule has 1 aromatic heterocycles. The average Bonchev–Trinajstić information content (AvgIpc) is 3.27. The van der Waals surface area contributed by atoms with E-state index in [0.29, 0.717) is 64.6 Å².